The van der Waals surface area contributed by atoms with E-state index in [9.17, 15) is 0 Å². The minimum atomic E-state index is -2.51. The van der Waals surface area contributed by atoms with Crippen LogP contribution < -0.4 is 0 Å². The number of rotatable bonds is 0. The Morgan fingerprint density at radius 1 is 1.25 bits per heavy atom. The molecule has 0 atom stereocenters. The van der Waals surface area contributed by atoms with Gasteiger partial charge in [0.1, 0.15) is 0 Å². The Labute approximate surface area is 39.8 Å². The molecule has 0 aliphatic heterocycles. The van der Waals surface area contributed by atoms with Crippen LogP contribution >= 0.6 is 0 Å². The van der Waals surface area contributed by atoms with Crippen LogP contribution in [0, 0.1) is 27.8 Å². The summed E-state index contributed by atoms with van der Waals surface area (Å²) in [5, 5.41) is 0. The van der Waals surface area contributed by atoms with Crippen LogP contribution in [-0.4, -0.2) is 0 Å². The second-order valence-electron chi connectivity index (χ2n) is 0.0833. The standard InChI is InChI=1S/CH4.2O.U/h1H4;;;. The van der Waals surface area contributed by atoms with Gasteiger partial charge in [-0.1, -0.05) is 7.43 Å². The predicted molar refractivity (Wildman–Crippen MR) is 8.10 cm³/mol. The van der Waals surface area contributed by atoms with Gasteiger partial charge in [-0.25, -0.2) is 0 Å². The first kappa shape index (κ1) is 8.82. The first-order valence-electron chi connectivity index (χ1n) is 0.408. The van der Waals surface area contributed by atoms with Crippen LogP contribution in [0.5, 0.6) is 0 Å². The monoisotopic (exact) mass is 286 g/mol. The van der Waals surface area contributed by atoms with Crippen molar-refractivity contribution in [2.45, 2.75) is 7.43 Å². The molecule has 0 bridgehead atoms. The van der Waals surface area contributed by atoms with Crippen molar-refractivity contribution < 1.29 is 32.3 Å². The fraction of sp³-hybridized carbons (Fsp3) is 1.00. The summed E-state index contributed by atoms with van der Waals surface area (Å²) in [4.78, 5) is 0. The maximum atomic E-state index is 8.58. The third-order valence-corrected chi connectivity index (χ3v) is 0. The van der Waals surface area contributed by atoms with Crippen molar-refractivity contribution in [1.82, 2.24) is 0 Å². The summed E-state index contributed by atoms with van der Waals surface area (Å²) >= 11 is -2.51. The molecule has 0 spiro atoms. The Morgan fingerprint density at radius 3 is 1.25 bits per heavy atom. The van der Waals surface area contributed by atoms with Gasteiger partial charge in [-0.05, 0) is 0 Å². The van der Waals surface area contributed by atoms with E-state index in [0.29, 0.717) is 0 Å². The fourth-order valence-electron chi connectivity index (χ4n) is 0. The first-order chi connectivity index (χ1) is 1.41. The molecule has 4 heavy (non-hydrogen) atoms. The SMILES string of the molecule is C.[O]=[U]=[O]. The number of hydrogen-bond acceptors (Lipinski definition) is 2. The summed E-state index contributed by atoms with van der Waals surface area (Å²) in [6.45, 7) is 0. The summed E-state index contributed by atoms with van der Waals surface area (Å²) in [6.07, 6.45) is 0. The number of hydrogen-bond donors (Lipinski definition) is 0. The third-order valence-electron chi connectivity index (χ3n) is 0. The molecule has 0 N–H and O–H groups in total. The van der Waals surface area contributed by atoms with Crippen LogP contribution in [0.25, 0.3) is 0 Å². The molecule has 3 heteroatoms. The quantitative estimate of drug-likeness (QED) is 0.646. The van der Waals surface area contributed by atoms with Crippen LogP contribution in [0.2, 0.25) is 0 Å². The van der Waals surface area contributed by atoms with E-state index in [0.717, 1.165) is 0 Å². The molecule has 0 aliphatic carbocycles. The molecule has 0 saturated heterocycles. The van der Waals surface area contributed by atoms with Gasteiger partial charge >= 0.3 is 32.3 Å². The second kappa shape index (κ2) is 9.41. The van der Waals surface area contributed by atoms with Gasteiger partial charge in [-0.15, -0.1) is 0 Å². The Bertz CT molecular complexity index is 27.0. The summed E-state index contributed by atoms with van der Waals surface area (Å²) in [5.74, 6) is 0. The van der Waals surface area contributed by atoms with Crippen LogP contribution in [0.3, 0.4) is 0 Å². The van der Waals surface area contributed by atoms with Gasteiger partial charge in [0.05, 0.1) is 0 Å². The van der Waals surface area contributed by atoms with Crippen molar-refractivity contribution in [3.8, 4) is 0 Å². The van der Waals surface area contributed by atoms with E-state index >= 15 is 0 Å². The summed E-state index contributed by atoms with van der Waals surface area (Å²) in [7, 11) is 0. The van der Waals surface area contributed by atoms with Crippen LogP contribution in [-0.2, 0) is 4.47 Å². The Balaban J connectivity index is 0. The van der Waals surface area contributed by atoms with Crippen molar-refractivity contribution in [2.75, 3.05) is 0 Å². The van der Waals surface area contributed by atoms with Crippen molar-refractivity contribution in [3.05, 3.63) is 0 Å². The molecule has 0 fully saturated rings. The summed E-state index contributed by atoms with van der Waals surface area (Å²) in [6, 6.07) is 0. The molecule has 0 rings (SSSR count). The maximum absolute atomic E-state index is 8.58. The van der Waals surface area contributed by atoms with Crippen molar-refractivity contribution >= 4 is 0 Å². The van der Waals surface area contributed by atoms with E-state index in [1.165, 1.54) is 0 Å². The van der Waals surface area contributed by atoms with Gasteiger partial charge in [-0.2, -0.15) is 0 Å². The van der Waals surface area contributed by atoms with Crippen molar-refractivity contribution in [1.29, 1.82) is 0 Å². The predicted octanol–water partition coefficient (Wildman–Crippen LogP) is 0.398. The van der Waals surface area contributed by atoms with Crippen molar-refractivity contribution in [2.24, 2.45) is 0 Å². The van der Waals surface area contributed by atoms with E-state index in [-0.39, 0.29) is 7.43 Å². The molecule has 24 valence electrons. The molecule has 0 aromatic heterocycles. The molecule has 0 unspecified atom stereocenters. The van der Waals surface area contributed by atoms with Crippen LogP contribution in [0.15, 0.2) is 0 Å². The molecular formula is CH4O2U. The molecular weight excluding hydrogens is 282 g/mol. The van der Waals surface area contributed by atoms with Gasteiger partial charge in [0, 0.05) is 0 Å². The fourth-order valence-corrected chi connectivity index (χ4v) is 0. The van der Waals surface area contributed by atoms with Gasteiger partial charge in [0.25, 0.3) is 0 Å². The average molecular weight is 286 g/mol. The Kier molecular flexibility index (Phi) is 20.8. The van der Waals surface area contributed by atoms with Gasteiger partial charge in [-0.3, -0.25) is 0 Å². The zero-order chi connectivity index (χ0) is 2.71. The van der Waals surface area contributed by atoms with E-state index in [2.05, 4.69) is 0 Å². The topological polar surface area (TPSA) is 34.1 Å². The molecule has 2 nitrogen and oxygen atoms in total. The Morgan fingerprint density at radius 2 is 1.25 bits per heavy atom. The molecule has 0 radical (unpaired) electrons. The zero-order valence-electron chi connectivity index (χ0n) is 1.32. The second-order valence-corrected chi connectivity index (χ2v) is 0.777. The summed E-state index contributed by atoms with van der Waals surface area (Å²) in [5.41, 5.74) is 0. The van der Waals surface area contributed by atoms with E-state index in [4.69, 9.17) is 4.47 Å². The Hall–Kier alpha value is 0.652. The normalized spacial score (nSPS) is 2.00. The molecule has 0 aromatic carbocycles. The van der Waals surface area contributed by atoms with E-state index in [1.807, 2.05) is 0 Å². The van der Waals surface area contributed by atoms with Gasteiger partial charge < -0.3 is 0 Å². The zero-order valence-corrected chi connectivity index (χ0v) is 5.48. The van der Waals surface area contributed by atoms with E-state index in [1.54, 1.807) is 0 Å². The first-order valence-corrected chi connectivity index (χ1v) is 3.81. The van der Waals surface area contributed by atoms with Crippen molar-refractivity contribution in [3.63, 3.8) is 0 Å². The van der Waals surface area contributed by atoms with Crippen LogP contribution in [0.1, 0.15) is 7.43 Å². The molecule has 0 aromatic rings. The van der Waals surface area contributed by atoms with E-state index < -0.39 is 27.8 Å². The third kappa shape index (κ3) is 17.0. The molecule has 0 aliphatic rings. The van der Waals surface area contributed by atoms with Crippen LogP contribution in [0.4, 0.5) is 0 Å². The molecule has 0 amide bonds. The van der Waals surface area contributed by atoms with Gasteiger partial charge in [0.15, 0.2) is 0 Å². The minimum absolute atomic E-state index is 0. The molecule has 0 heterocycles. The molecule has 0 saturated carbocycles. The average Bonchev–Trinajstić information content (AvgIpc) is 0.918. The summed E-state index contributed by atoms with van der Waals surface area (Å²) < 4.78 is 17.2. The van der Waals surface area contributed by atoms with Gasteiger partial charge in [0.2, 0.25) is 0 Å².